The number of benzene rings is 2. The van der Waals surface area contributed by atoms with E-state index in [1.807, 2.05) is 31.4 Å². The van der Waals surface area contributed by atoms with E-state index < -0.39 is 0 Å². The summed E-state index contributed by atoms with van der Waals surface area (Å²) in [5.41, 5.74) is 2.43. The van der Waals surface area contributed by atoms with Gasteiger partial charge in [-0.05, 0) is 56.1 Å². The summed E-state index contributed by atoms with van der Waals surface area (Å²) >= 11 is 6.95. The van der Waals surface area contributed by atoms with Crippen molar-refractivity contribution in [2.24, 2.45) is 7.05 Å². The molecule has 0 unspecified atom stereocenters. The molecule has 0 saturated carbocycles. The van der Waals surface area contributed by atoms with E-state index in [9.17, 15) is 0 Å². The first-order chi connectivity index (χ1) is 10.2. The second-order valence-corrected chi connectivity index (χ2v) is 6.49. The van der Waals surface area contributed by atoms with Crippen molar-refractivity contribution in [2.75, 3.05) is 0 Å². The van der Waals surface area contributed by atoms with E-state index in [0.717, 1.165) is 8.95 Å². The van der Waals surface area contributed by atoms with Crippen LogP contribution in [0.1, 0.15) is 0 Å². The van der Waals surface area contributed by atoms with E-state index >= 15 is 0 Å². The average molecular weight is 406 g/mol. The highest BCUT2D eigenvalue weighted by atomic mass is 79.9. The smallest absolute Gasteiger partial charge is 0.0622 e. The monoisotopic (exact) mass is 404 g/mol. The van der Waals surface area contributed by atoms with Crippen LogP contribution in [0.2, 0.25) is 0 Å². The highest BCUT2D eigenvalue weighted by Crippen LogP contribution is 2.23. The number of aromatic nitrogens is 2. The minimum absolute atomic E-state index is 1.12. The fourth-order valence-corrected chi connectivity index (χ4v) is 3.51. The zero-order chi connectivity index (χ0) is 14.8. The topological polar surface area (TPSA) is 20.7 Å². The third-order valence-electron chi connectivity index (χ3n) is 3.38. The number of fused-ring (bicyclic) bond motifs is 2. The molecule has 4 heteroatoms. The summed E-state index contributed by atoms with van der Waals surface area (Å²) in [7, 11) is 2.05. The van der Waals surface area contributed by atoms with Gasteiger partial charge in [-0.15, -0.1) is 0 Å². The molecule has 0 saturated heterocycles. The van der Waals surface area contributed by atoms with Crippen LogP contribution in [0.5, 0.6) is 0 Å². The SMILES string of the molecule is Brc1cccc2cc[nH]c12.Cn1ccc2cccc(Br)c21. The molecule has 2 nitrogen and oxygen atoms in total. The van der Waals surface area contributed by atoms with Crippen LogP contribution in [0.25, 0.3) is 21.8 Å². The van der Waals surface area contributed by atoms with Crippen LogP contribution in [0.3, 0.4) is 0 Å². The Bertz CT molecular complexity index is 890. The fourth-order valence-electron chi connectivity index (χ4n) is 2.35. The van der Waals surface area contributed by atoms with Crippen molar-refractivity contribution in [3.05, 3.63) is 69.9 Å². The highest BCUT2D eigenvalue weighted by Gasteiger charge is 1.99. The lowest BCUT2D eigenvalue weighted by molar-refractivity contribution is 0.967. The molecule has 0 aliphatic carbocycles. The Labute approximate surface area is 140 Å². The van der Waals surface area contributed by atoms with Gasteiger partial charge in [0.15, 0.2) is 0 Å². The summed E-state index contributed by atoms with van der Waals surface area (Å²) in [6, 6.07) is 16.5. The first-order valence-corrected chi connectivity index (χ1v) is 8.16. The highest BCUT2D eigenvalue weighted by molar-refractivity contribution is 9.11. The first kappa shape index (κ1) is 14.4. The second-order valence-electron chi connectivity index (χ2n) is 4.79. The van der Waals surface area contributed by atoms with Gasteiger partial charge in [0.25, 0.3) is 0 Å². The maximum absolute atomic E-state index is 3.51. The van der Waals surface area contributed by atoms with Crippen molar-refractivity contribution in [1.82, 2.24) is 9.55 Å². The number of aromatic amines is 1. The number of nitrogens with zero attached hydrogens (tertiary/aromatic N) is 1. The van der Waals surface area contributed by atoms with E-state index in [2.05, 4.69) is 77.9 Å². The summed E-state index contributed by atoms with van der Waals surface area (Å²) in [4.78, 5) is 3.14. The van der Waals surface area contributed by atoms with Gasteiger partial charge in [-0.3, -0.25) is 0 Å². The van der Waals surface area contributed by atoms with Crippen LogP contribution in [0, 0.1) is 0 Å². The van der Waals surface area contributed by atoms with Crippen molar-refractivity contribution < 1.29 is 0 Å². The van der Waals surface area contributed by atoms with Crippen LogP contribution in [0.4, 0.5) is 0 Å². The van der Waals surface area contributed by atoms with E-state index in [0.29, 0.717) is 0 Å². The Morgan fingerprint density at radius 3 is 2.29 bits per heavy atom. The number of hydrogen-bond acceptors (Lipinski definition) is 0. The number of hydrogen-bond donors (Lipinski definition) is 1. The summed E-state index contributed by atoms with van der Waals surface area (Å²) in [5, 5.41) is 2.52. The molecule has 4 rings (SSSR count). The maximum atomic E-state index is 3.51. The number of rotatable bonds is 0. The Morgan fingerprint density at radius 2 is 1.57 bits per heavy atom. The lowest BCUT2D eigenvalue weighted by atomic mass is 10.2. The molecule has 0 spiro atoms. The van der Waals surface area contributed by atoms with Crippen molar-refractivity contribution in [3.8, 4) is 0 Å². The largest absolute Gasteiger partial charge is 0.360 e. The maximum Gasteiger partial charge on any atom is 0.0622 e. The molecule has 4 aromatic rings. The Balaban J connectivity index is 0.000000126. The van der Waals surface area contributed by atoms with Crippen molar-refractivity contribution in [1.29, 1.82) is 0 Å². The Kier molecular flexibility index (Phi) is 4.17. The van der Waals surface area contributed by atoms with Gasteiger partial charge < -0.3 is 9.55 Å². The van der Waals surface area contributed by atoms with Crippen LogP contribution in [0.15, 0.2) is 69.9 Å². The predicted octanol–water partition coefficient (Wildman–Crippen LogP) is 5.87. The van der Waals surface area contributed by atoms with E-state index in [1.165, 1.54) is 21.8 Å². The minimum Gasteiger partial charge on any atom is -0.360 e. The molecule has 2 aromatic heterocycles. The second kappa shape index (κ2) is 6.08. The van der Waals surface area contributed by atoms with Gasteiger partial charge in [-0.1, -0.05) is 24.3 Å². The molecule has 0 amide bonds. The van der Waals surface area contributed by atoms with Gasteiger partial charge in [-0.25, -0.2) is 0 Å². The number of para-hydroxylation sites is 2. The van der Waals surface area contributed by atoms with Crippen molar-refractivity contribution >= 4 is 53.7 Å². The molecule has 106 valence electrons. The predicted molar refractivity (Wildman–Crippen MR) is 96.6 cm³/mol. The molecule has 1 N–H and O–H groups in total. The number of H-pyrrole nitrogens is 1. The molecular weight excluding hydrogens is 392 g/mol. The number of aryl methyl sites for hydroxylation is 1. The van der Waals surface area contributed by atoms with Gasteiger partial charge in [-0.2, -0.15) is 0 Å². The van der Waals surface area contributed by atoms with E-state index in [-0.39, 0.29) is 0 Å². The average Bonchev–Trinajstić information content (AvgIpc) is 3.08. The number of nitrogens with one attached hydrogen (secondary N) is 1. The molecule has 0 atom stereocenters. The third kappa shape index (κ3) is 2.92. The molecule has 0 aliphatic heterocycles. The van der Waals surface area contributed by atoms with E-state index in [4.69, 9.17) is 0 Å². The van der Waals surface area contributed by atoms with Gasteiger partial charge in [0.2, 0.25) is 0 Å². The Morgan fingerprint density at radius 1 is 0.857 bits per heavy atom. The van der Waals surface area contributed by atoms with Crippen LogP contribution < -0.4 is 0 Å². The standard InChI is InChI=1S/C9H8BrN.C8H6BrN/c1-11-6-5-7-3-2-4-8(10)9(7)11;9-7-3-1-2-6-4-5-10-8(6)7/h2-6H,1H3;1-5,10H. The lowest BCUT2D eigenvalue weighted by Crippen LogP contribution is -1.83. The summed E-state index contributed by atoms with van der Waals surface area (Å²) in [6.07, 6.45) is 4.00. The molecule has 2 aromatic carbocycles. The molecule has 0 fully saturated rings. The van der Waals surface area contributed by atoms with Crippen LogP contribution in [-0.4, -0.2) is 9.55 Å². The van der Waals surface area contributed by atoms with Crippen LogP contribution >= 0.6 is 31.9 Å². The molecule has 0 aliphatic rings. The van der Waals surface area contributed by atoms with Gasteiger partial charge in [0.1, 0.15) is 0 Å². The molecular formula is C17H14Br2N2. The molecule has 21 heavy (non-hydrogen) atoms. The summed E-state index contributed by atoms with van der Waals surface area (Å²) < 4.78 is 4.39. The summed E-state index contributed by atoms with van der Waals surface area (Å²) in [6.45, 7) is 0. The minimum atomic E-state index is 1.12. The molecule has 2 heterocycles. The third-order valence-corrected chi connectivity index (χ3v) is 4.69. The first-order valence-electron chi connectivity index (χ1n) is 6.58. The van der Waals surface area contributed by atoms with Crippen LogP contribution in [-0.2, 0) is 7.05 Å². The molecule has 0 bridgehead atoms. The van der Waals surface area contributed by atoms with Crippen molar-refractivity contribution in [2.45, 2.75) is 0 Å². The fraction of sp³-hybridized carbons (Fsp3) is 0.0588. The quantitative estimate of drug-likeness (QED) is 0.377. The lowest BCUT2D eigenvalue weighted by Gasteiger charge is -1.97. The Hall–Kier alpha value is -1.52. The zero-order valence-electron chi connectivity index (χ0n) is 11.5. The summed E-state index contributed by atoms with van der Waals surface area (Å²) in [5.74, 6) is 0. The molecule has 0 radical (unpaired) electrons. The van der Waals surface area contributed by atoms with Gasteiger partial charge >= 0.3 is 0 Å². The van der Waals surface area contributed by atoms with Gasteiger partial charge in [0.05, 0.1) is 11.0 Å². The van der Waals surface area contributed by atoms with E-state index in [1.54, 1.807) is 0 Å². The zero-order valence-corrected chi connectivity index (χ0v) is 14.6. The number of halogens is 2. The van der Waals surface area contributed by atoms with Gasteiger partial charge in [0, 0.05) is 39.2 Å². The van der Waals surface area contributed by atoms with Crippen molar-refractivity contribution in [3.63, 3.8) is 0 Å². The normalized spacial score (nSPS) is 10.6.